The van der Waals surface area contributed by atoms with Crippen molar-refractivity contribution in [3.63, 3.8) is 0 Å². The van der Waals surface area contributed by atoms with E-state index in [2.05, 4.69) is 6.07 Å². The predicted molar refractivity (Wildman–Crippen MR) is 66.1 cm³/mol. The summed E-state index contributed by atoms with van der Waals surface area (Å²) < 4.78 is 11.5. The molecule has 2 spiro atoms. The van der Waals surface area contributed by atoms with Crippen molar-refractivity contribution < 1.29 is 9.47 Å². The molecule has 3 aliphatic rings. The second-order valence-electron chi connectivity index (χ2n) is 6.62. The average Bonchev–Trinajstić information content (AvgIpc) is 2.59. The fourth-order valence-corrected chi connectivity index (χ4v) is 3.83. The minimum atomic E-state index is -0.462. The summed E-state index contributed by atoms with van der Waals surface area (Å²) in [5.74, 6) is -0.462. The lowest BCUT2D eigenvalue weighted by Crippen LogP contribution is -2.57. The number of hydrogen-bond donors (Lipinski definition) is 1. The summed E-state index contributed by atoms with van der Waals surface area (Å²) in [6, 6.07) is 2.32. The summed E-state index contributed by atoms with van der Waals surface area (Å²) >= 11 is 0. The van der Waals surface area contributed by atoms with E-state index in [0.29, 0.717) is 0 Å². The number of nitriles is 1. The monoisotopic (exact) mass is 248 g/mol. The normalized spacial score (nSPS) is 31.4. The Hall–Kier alpha value is -1.05. The van der Waals surface area contributed by atoms with Crippen LogP contribution in [0.5, 0.6) is 0 Å². The average molecular weight is 248 g/mol. The Morgan fingerprint density at radius 3 is 2.39 bits per heavy atom. The standard InChI is InChI=1S/C14H20N2O2/c1-12(2)17-8-13(9-18-12)6-14(7-13)4-3-11(16)10(14)5-15/h3-4,6-9,16H2,1-2H3. The van der Waals surface area contributed by atoms with Crippen molar-refractivity contribution in [3.05, 3.63) is 11.3 Å². The second kappa shape index (κ2) is 3.49. The van der Waals surface area contributed by atoms with E-state index in [1.54, 1.807) is 0 Å². The van der Waals surface area contributed by atoms with Crippen molar-refractivity contribution in [2.75, 3.05) is 13.2 Å². The molecule has 0 radical (unpaired) electrons. The molecule has 1 saturated carbocycles. The first-order valence-corrected chi connectivity index (χ1v) is 6.58. The van der Waals surface area contributed by atoms with Crippen molar-refractivity contribution in [3.8, 4) is 6.07 Å². The maximum absolute atomic E-state index is 9.26. The molecule has 4 nitrogen and oxygen atoms in total. The molecule has 0 aromatic rings. The fourth-order valence-electron chi connectivity index (χ4n) is 3.83. The lowest BCUT2D eigenvalue weighted by Gasteiger charge is -2.58. The van der Waals surface area contributed by atoms with E-state index >= 15 is 0 Å². The molecular weight excluding hydrogens is 228 g/mol. The Labute approximate surface area is 108 Å². The van der Waals surface area contributed by atoms with Gasteiger partial charge in [-0.2, -0.15) is 5.26 Å². The second-order valence-corrected chi connectivity index (χ2v) is 6.62. The van der Waals surface area contributed by atoms with Gasteiger partial charge in [0.05, 0.1) is 24.9 Å². The maximum Gasteiger partial charge on any atom is 0.162 e. The molecule has 4 heteroatoms. The molecule has 1 heterocycles. The zero-order valence-corrected chi connectivity index (χ0v) is 11.1. The first-order valence-electron chi connectivity index (χ1n) is 6.58. The van der Waals surface area contributed by atoms with Gasteiger partial charge in [-0.15, -0.1) is 0 Å². The largest absolute Gasteiger partial charge is 0.401 e. The molecule has 1 saturated heterocycles. The van der Waals surface area contributed by atoms with Gasteiger partial charge in [0, 0.05) is 16.5 Å². The third-order valence-electron chi connectivity index (χ3n) is 4.71. The highest BCUT2D eigenvalue weighted by molar-refractivity contribution is 5.41. The molecule has 2 N–H and O–H groups in total. The summed E-state index contributed by atoms with van der Waals surface area (Å²) in [6.07, 6.45) is 3.86. The van der Waals surface area contributed by atoms with E-state index in [9.17, 15) is 5.26 Å². The Bertz CT molecular complexity index is 441. The van der Waals surface area contributed by atoms with Crippen LogP contribution in [0.25, 0.3) is 0 Å². The first kappa shape index (κ1) is 12.0. The predicted octanol–water partition coefficient (Wildman–Crippen LogP) is 2.07. The Morgan fingerprint density at radius 2 is 1.83 bits per heavy atom. The van der Waals surface area contributed by atoms with Crippen molar-refractivity contribution in [1.29, 1.82) is 5.26 Å². The van der Waals surface area contributed by atoms with Gasteiger partial charge in [0.2, 0.25) is 0 Å². The number of nitrogens with two attached hydrogens (primary N) is 1. The smallest absolute Gasteiger partial charge is 0.162 e. The van der Waals surface area contributed by atoms with Crippen LogP contribution in [0.4, 0.5) is 0 Å². The number of ether oxygens (including phenoxy) is 2. The number of rotatable bonds is 0. The molecule has 0 aromatic heterocycles. The molecule has 98 valence electrons. The molecule has 0 bridgehead atoms. The molecule has 0 aromatic carbocycles. The van der Waals surface area contributed by atoms with Gasteiger partial charge in [0.15, 0.2) is 5.79 Å². The summed E-state index contributed by atoms with van der Waals surface area (Å²) in [6.45, 7) is 5.37. The lowest BCUT2D eigenvalue weighted by molar-refractivity contribution is -0.310. The highest BCUT2D eigenvalue weighted by atomic mass is 16.7. The zero-order valence-electron chi connectivity index (χ0n) is 11.1. The Balaban J connectivity index is 1.73. The minimum absolute atomic E-state index is 0.0348. The van der Waals surface area contributed by atoms with Crippen LogP contribution in [-0.2, 0) is 9.47 Å². The molecule has 2 aliphatic carbocycles. The highest BCUT2D eigenvalue weighted by Crippen LogP contribution is 2.64. The van der Waals surface area contributed by atoms with E-state index in [0.717, 1.165) is 50.2 Å². The van der Waals surface area contributed by atoms with Gasteiger partial charge >= 0.3 is 0 Å². The highest BCUT2D eigenvalue weighted by Gasteiger charge is 2.60. The number of nitrogens with zero attached hydrogens (tertiary/aromatic N) is 1. The van der Waals surface area contributed by atoms with Crippen LogP contribution in [-0.4, -0.2) is 19.0 Å². The number of allylic oxidation sites excluding steroid dienone is 2. The molecule has 2 fully saturated rings. The van der Waals surface area contributed by atoms with Crippen LogP contribution >= 0.6 is 0 Å². The SMILES string of the molecule is CC1(C)OCC2(CO1)CC1(CCC(N)=C1C#N)C2. The Kier molecular flexibility index (Phi) is 2.33. The summed E-state index contributed by atoms with van der Waals surface area (Å²) in [4.78, 5) is 0. The molecule has 0 unspecified atom stereocenters. The van der Waals surface area contributed by atoms with Crippen LogP contribution in [0.1, 0.15) is 39.5 Å². The van der Waals surface area contributed by atoms with Crippen LogP contribution in [0.3, 0.4) is 0 Å². The van der Waals surface area contributed by atoms with E-state index < -0.39 is 5.79 Å². The molecule has 3 rings (SSSR count). The van der Waals surface area contributed by atoms with Gasteiger partial charge in [0.25, 0.3) is 0 Å². The van der Waals surface area contributed by atoms with Gasteiger partial charge in [0.1, 0.15) is 0 Å². The first-order chi connectivity index (χ1) is 8.40. The van der Waals surface area contributed by atoms with Gasteiger partial charge in [-0.3, -0.25) is 0 Å². The maximum atomic E-state index is 9.26. The van der Waals surface area contributed by atoms with Crippen LogP contribution < -0.4 is 5.73 Å². The quantitative estimate of drug-likeness (QED) is 0.712. The van der Waals surface area contributed by atoms with Crippen LogP contribution in [0, 0.1) is 22.2 Å². The van der Waals surface area contributed by atoms with Gasteiger partial charge in [-0.1, -0.05) is 0 Å². The minimum Gasteiger partial charge on any atom is -0.401 e. The van der Waals surface area contributed by atoms with Crippen molar-refractivity contribution >= 4 is 0 Å². The molecular formula is C14H20N2O2. The van der Waals surface area contributed by atoms with Gasteiger partial charge in [-0.05, 0) is 39.5 Å². The van der Waals surface area contributed by atoms with Crippen molar-refractivity contribution in [2.45, 2.75) is 45.3 Å². The fraction of sp³-hybridized carbons (Fsp3) is 0.786. The summed E-state index contributed by atoms with van der Waals surface area (Å²) in [5.41, 5.74) is 7.71. The Morgan fingerprint density at radius 1 is 1.22 bits per heavy atom. The summed E-state index contributed by atoms with van der Waals surface area (Å²) in [5, 5.41) is 9.26. The third kappa shape index (κ3) is 1.58. The van der Waals surface area contributed by atoms with E-state index in [4.69, 9.17) is 15.2 Å². The lowest BCUT2D eigenvalue weighted by atomic mass is 9.50. The third-order valence-corrected chi connectivity index (χ3v) is 4.71. The van der Waals surface area contributed by atoms with E-state index in [1.165, 1.54) is 0 Å². The summed E-state index contributed by atoms with van der Waals surface area (Å²) in [7, 11) is 0. The van der Waals surface area contributed by atoms with Crippen molar-refractivity contribution in [1.82, 2.24) is 0 Å². The van der Waals surface area contributed by atoms with Crippen molar-refractivity contribution in [2.24, 2.45) is 16.6 Å². The van der Waals surface area contributed by atoms with E-state index in [1.807, 2.05) is 13.8 Å². The number of hydrogen-bond acceptors (Lipinski definition) is 4. The molecule has 1 aliphatic heterocycles. The van der Waals surface area contributed by atoms with E-state index in [-0.39, 0.29) is 10.8 Å². The van der Waals surface area contributed by atoms with Gasteiger partial charge in [-0.25, -0.2) is 0 Å². The molecule has 0 atom stereocenters. The topological polar surface area (TPSA) is 68.3 Å². The molecule has 0 amide bonds. The zero-order chi connectivity index (χ0) is 13.0. The van der Waals surface area contributed by atoms with Gasteiger partial charge < -0.3 is 15.2 Å². The molecule has 18 heavy (non-hydrogen) atoms. The van der Waals surface area contributed by atoms with Crippen LogP contribution in [0.15, 0.2) is 11.3 Å². The van der Waals surface area contributed by atoms with Crippen LogP contribution in [0.2, 0.25) is 0 Å².